The van der Waals surface area contributed by atoms with Crippen LogP contribution < -0.4 is 5.32 Å². The number of anilines is 2. The minimum Gasteiger partial charge on any atom is -0.329 e. The molecule has 0 fully saturated rings. The van der Waals surface area contributed by atoms with Crippen molar-refractivity contribution in [3.63, 3.8) is 0 Å². The highest BCUT2D eigenvalue weighted by Gasteiger charge is 2.19. The maximum absolute atomic E-state index is 4.49. The van der Waals surface area contributed by atoms with Gasteiger partial charge in [-0.05, 0) is 28.1 Å². The van der Waals surface area contributed by atoms with Gasteiger partial charge in [0.05, 0.1) is 5.69 Å². The summed E-state index contributed by atoms with van der Waals surface area (Å²) in [6.45, 7) is 6.33. The van der Waals surface area contributed by atoms with E-state index < -0.39 is 0 Å². The lowest BCUT2D eigenvalue weighted by Crippen LogP contribution is -2.13. The Morgan fingerprint density at radius 1 is 1.24 bits per heavy atom. The Morgan fingerprint density at radius 2 is 1.94 bits per heavy atom. The van der Waals surface area contributed by atoms with E-state index >= 15 is 0 Å². The molecule has 0 aliphatic heterocycles. The van der Waals surface area contributed by atoms with E-state index in [9.17, 15) is 0 Å². The van der Waals surface area contributed by atoms with Crippen molar-refractivity contribution >= 4 is 38.3 Å². The first kappa shape index (κ1) is 12.5. The maximum atomic E-state index is 4.49. The first-order valence-electron chi connectivity index (χ1n) is 5.32. The van der Waals surface area contributed by atoms with Gasteiger partial charge in [-0.3, -0.25) is 0 Å². The van der Waals surface area contributed by atoms with Crippen LogP contribution in [-0.4, -0.2) is 9.36 Å². The third-order valence-electron chi connectivity index (χ3n) is 2.21. The van der Waals surface area contributed by atoms with Crippen molar-refractivity contribution in [3.8, 4) is 0 Å². The van der Waals surface area contributed by atoms with Gasteiger partial charge in [0.15, 0.2) is 0 Å². The molecule has 0 saturated carbocycles. The van der Waals surface area contributed by atoms with E-state index in [1.807, 2.05) is 24.3 Å². The predicted molar refractivity (Wildman–Crippen MR) is 76.0 cm³/mol. The van der Waals surface area contributed by atoms with Crippen molar-refractivity contribution in [2.24, 2.45) is 0 Å². The molecular weight excluding hydrogens is 298 g/mol. The third-order valence-corrected chi connectivity index (χ3v) is 3.53. The number of nitrogens with one attached hydrogen (secondary N) is 1. The van der Waals surface area contributed by atoms with E-state index in [4.69, 9.17) is 0 Å². The second kappa shape index (κ2) is 4.74. The summed E-state index contributed by atoms with van der Waals surface area (Å²) in [5.41, 5.74) is 0.994. The summed E-state index contributed by atoms with van der Waals surface area (Å²) >= 11 is 4.88. The van der Waals surface area contributed by atoms with Crippen molar-refractivity contribution in [2.45, 2.75) is 26.2 Å². The molecule has 90 valence electrons. The van der Waals surface area contributed by atoms with Crippen LogP contribution in [0.1, 0.15) is 26.6 Å². The summed E-state index contributed by atoms with van der Waals surface area (Å²) < 4.78 is 5.39. The summed E-state index contributed by atoms with van der Waals surface area (Å²) in [5.74, 6) is 0.872. The Balaban J connectivity index is 2.21. The van der Waals surface area contributed by atoms with Crippen LogP contribution in [0.5, 0.6) is 0 Å². The molecule has 0 saturated heterocycles. The second-order valence-corrected chi connectivity index (χ2v) is 6.38. The molecule has 2 rings (SSSR count). The molecule has 1 N–H and O–H groups in total. The zero-order chi connectivity index (χ0) is 12.5. The van der Waals surface area contributed by atoms with Gasteiger partial charge in [0.25, 0.3) is 0 Å². The summed E-state index contributed by atoms with van der Waals surface area (Å²) in [6, 6.07) is 7.96. The van der Waals surface area contributed by atoms with Gasteiger partial charge in [-0.1, -0.05) is 32.9 Å². The first-order valence-corrected chi connectivity index (χ1v) is 6.89. The van der Waals surface area contributed by atoms with Gasteiger partial charge in [0, 0.05) is 21.4 Å². The van der Waals surface area contributed by atoms with Crippen LogP contribution in [0.15, 0.2) is 28.7 Å². The molecule has 5 heteroatoms. The summed E-state index contributed by atoms with van der Waals surface area (Å²) in [4.78, 5) is 4.49. The number of rotatable bonds is 2. The lowest BCUT2D eigenvalue weighted by molar-refractivity contribution is 0.555. The number of halogens is 1. The highest BCUT2D eigenvalue weighted by molar-refractivity contribution is 9.10. The number of hydrogen-bond acceptors (Lipinski definition) is 4. The monoisotopic (exact) mass is 311 g/mol. The number of benzene rings is 1. The fourth-order valence-electron chi connectivity index (χ4n) is 1.26. The minimum absolute atomic E-state index is 0.00957. The van der Waals surface area contributed by atoms with Gasteiger partial charge in [0.1, 0.15) is 5.82 Å². The molecule has 3 nitrogen and oxygen atoms in total. The predicted octanol–water partition coefficient (Wildman–Crippen LogP) is 4.34. The van der Waals surface area contributed by atoms with Crippen molar-refractivity contribution in [3.05, 3.63) is 34.6 Å². The zero-order valence-corrected chi connectivity index (χ0v) is 12.4. The van der Waals surface area contributed by atoms with Crippen LogP contribution >= 0.6 is 27.5 Å². The molecule has 1 aromatic heterocycles. The fraction of sp³-hybridized carbons (Fsp3) is 0.333. The van der Waals surface area contributed by atoms with Gasteiger partial charge in [-0.15, -0.1) is 0 Å². The van der Waals surface area contributed by atoms with E-state index in [-0.39, 0.29) is 5.41 Å². The second-order valence-electron chi connectivity index (χ2n) is 4.78. The molecule has 0 bridgehead atoms. The highest BCUT2D eigenvalue weighted by atomic mass is 79.9. The average Bonchev–Trinajstić information content (AvgIpc) is 2.69. The molecule has 2 aromatic rings. The van der Waals surface area contributed by atoms with Gasteiger partial charge < -0.3 is 5.32 Å². The lowest BCUT2D eigenvalue weighted by Gasteiger charge is -2.12. The van der Waals surface area contributed by atoms with Gasteiger partial charge in [0.2, 0.25) is 5.13 Å². The molecule has 1 aromatic carbocycles. The molecule has 0 aliphatic carbocycles. The lowest BCUT2D eigenvalue weighted by atomic mass is 9.96. The quantitative estimate of drug-likeness (QED) is 0.896. The van der Waals surface area contributed by atoms with Crippen LogP contribution in [0.2, 0.25) is 0 Å². The molecular formula is C12H14BrN3S. The van der Waals surface area contributed by atoms with Crippen molar-refractivity contribution in [1.29, 1.82) is 0 Å². The van der Waals surface area contributed by atoms with Gasteiger partial charge in [-0.2, -0.15) is 4.37 Å². The topological polar surface area (TPSA) is 37.8 Å². The van der Waals surface area contributed by atoms with E-state index in [2.05, 4.69) is 51.4 Å². The Labute approximate surface area is 114 Å². The van der Waals surface area contributed by atoms with E-state index in [0.717, 1.165) is 21.1 Å². The number of hydrogen-bond donors (Lipinski definition) is 1. The third kappa shape index (κ3) is 3.04. The van der Waals surface area contributed by atoms with Crippen molar-refractivity contribution in [1.82, 2.24) is 9.36 Å². The number of para-hydroxylation sites is 1. The minimum atomic E-state index is -0.00957. The van der Waals surface area contributed by atoms with Crippen LogP contribution in [-0.2, 0) is 5.41 Å². The molecule has 0 radical (unpaired) electrons. The Bertz CT molecular complexity index is 516. The summed E-state index contributed by atoms with van der Waals surface area (Å²) in [5, 5.41) is 4.08. The Morgan fingerprint density at radius 3 is 2.53 bits per heavy atom. The molecule has 0 unspecified atom stereocenters. The van der Waals surface area contributed by atoms with Gasteiger partial charge >= 0.3 is 0 Å². The highest BCUT2D eigenvalue weighted by Crippen LogP contribution is 2.28. The molecule has 0 amide bonds. The van der Waals surface area contributed by atoms with Gasteiger partial charge in [-0.25, -0.2) is 4.98 Å². The zero-order valence-electron chi connectivity index (χ0n) is 9.99. The molecule has 17 heavy (non-hydrogen) atoms. The summed E-state index contributed by atoms with van der Waals surface area (Å²) in [6.07, 6.45) is 0. The SMILES string of the molecule is CC(C)(C)c1nsc(Nc2ccccc2Br)n1. The van der Waals surface area contributed by atoms with E-state index in [0.29, 0.717) is 0 Å². The molecule has 0 aliphatic rings. The molecule has 1 heterocycles. The standard InChI is InChI=1S/C12H14BrN3S/c1-12(2,3)10-15-11(17-16-10)14-9-7-5-4-6-8(9)13/h4-7H,1-3H3,(H,14,15,16). The van der Waals surface area contributed by atoms with Crippen molar-refractivity contribution in [2.75, 3.05) is 5.32 Å². The average molecular weight is 312 g/mol. The van der Waals surface area contributed by atoms with Crippen molar-refractivity contribution < 1.29 is 0 Å². The summed E-state index contributed by atoms with van der Waals surface area (Å²) in [7, 11) is 0. The Kier molecular flexibility index (Phi) is 3.49. The first-order chi connectivity index (χ1) is 7.97. The van der Waals surface area contributed by atoms with E-state index in [1.165, 1.54) is 11.5 Å². The number of aromatic nitrogens is 2. The maximum Gasteiger partial charge on any atom is 0.207 e. The smallest absolute Gasteiger partial charge is 0.207 e. The largest absolute Gasteiger partial charge is 0.329 e. The van der Waals surface area contributed by atoms with E-state index in [1.54, 1.807) is 0 Å². The van der Waals surface area contributed by atoms with Crippen LogP contribution in [0.25, 0.3) is 0 Å². The van der Waals surface area contributed by atoms with Crippen LogP contribution in [0, 0.1) is 0 Å². The normalized spacial score (nSPS) is 11.5. The van der Waals surface area contributed by atoms with Crippen LogP contribution in [0.3, 0.4) is 0 Å². The Hall–Kier alpha value is -0.940. The fourth-order valence-corrected chi connectivity index (χ4v) is 2.41. The van der Waals surface area contributed by atoms with Crippen LogP contribution in [0.4, 0.5) is 10.8 Å². The number of nitrogens with zero attached hydrogens (tertiary/aromatic N) is 2. The molecule has 0 atom stereocenters. The molecule has 0 spiro atoms.